The van der Waals surface area contributed by atoms with Crippen LogP contribution < -0.4 is 0 Å². The fourth-order valence-corrected chi connectivity index (χ4v) is 4.14. The number of halogens is 1. The van der Waals surface area contributed by atoms with Crippen molar-refractivity contribution in [2.45, 2.75) is 19.4 Å². The Labute approximate surface area is 168 Å². The first kappa shape index (κ1) is 17.4. The van der Waals surface area contributed by atoms with Crippen LogP contribution in [0.1, 0.15) is 22.5 Å². The summed E-state index contributed by atoms with van der Waals surface area (Å²) in [7, 11) is 4.10. The fourth-order valence-electron chi connectivity index (χ4n) is 3.86. The van der Waals surface area contributed by atoms with Gasteiger partial charge in [-0.3, -0.25) is 9.78 Å². The molecule has 0 spiro atoms. The summed E-state index contributed by atoms with van der Waals surface area (Å²) in [6, 6.07) is 10.6. The quantitative estimate of drug-likeness (QED) is 0.578. The number of rotatable bonds is 3. The summed E-state index contributed by atoms with van der Waals surface area (Å²) in [5.41, 5.74) is 5.83. The van der Waals surface area contributed by atoms with Crippen molar-refractivity contribution in [1.82, 2.24) is 29.9 Å². The molecule has 142 valence electrons. The van der Waals surface area contributed by atoms with E-state index in [0.717, 1.165) is 53.2 Å². The van der Waals surface area contributed by atoms with Gasteiger partial charge >= 0.3 is 0 Å². The van der Waals surface area contributed by atoms with Crippen molar-refractivity contribution in [1.29, 1.82) is 0 Å². The molecule has 3 heterocycles. The van der Waals surface area contributed by atoms with E-state index in [1.54, 1.807) is 6.20 Å². The van der Waals surface area contributed by atoms with Crippen molar-refractivity contribution in [2.75, 3.05) is 13.6 Å². The molecule has 5 rings (SSSR count). The van der Waals surface area contributed by atoms with Gasteiger partial charge in [0.15, 0.2) is 5.82 Å². The van der Waals surface area contributed by atoms with Gasteiger partial charge in [0.2, 0.25) is 0 Å². The predicted octanol–water partition coefficient (Wildman–Crippen LogP) is 3.59. The van der Waals surface area contributed by atoms with Crippen LogP contribution in [-0.2, 0) is 26.4 Å². The first-order chi connectivity index (χ1) is 13.6. The maximum absolute atomic E-state index is 6.58. The number of aromatic amines is 1. The number of fused-ring (bicyclic) bond motifs is 2. The van der Waals surface area contributed by atoms with Crippen molar-refractivity contribution >= 4 is 22.5 Å². The molecule has 1 aliphatic rings. The summed E-state index contributed by atoms with van der Waals surface area (Å²) < 4.78 is 1.85. The lowest BCUT2D eigenvalue weighted by molar-refractivity contribution is 0.313. The molecule has 0 radical (unpaired) electrons. The van der Waals surface area contributed by atoms with E-state index in [-0.39, 0.29) is 0 Å². The smallest absolute Gasteiger partial charge is 0.181 e. The number of hydrogen-bond acceptors (Lipinski definition) is 4. The Hall–Kier alpha value is -2.70. The molecule has 2 aromatic heterocycles. The van der Waals surface area contributed by atoms with Gasteiger partial charge < -0.3 is 4.90 Å². The van der Waals surface area contributed by atoms with E-state index in [2.05, 4.69) is 45.4 Å². The third-order valence-corrected chi connectivity index (χ3v) is 5.95. The molecule has 1 N–H and O–H groups in total. The second-order valence-corrected chi connectivity index (χ2v) is 7.87. The zero-order valence-electron chi connectivity index (χ0n) is 15.9. The molecule has 1 aliphatic heterocycles. The fraction of sp³-hybridized carbons (Fsp3) is 0.286. The standard InChI is InChI=1S/C21H21ClN6/c1-27-8-7-13-9-15(3-4-16(13)12-27)21-24-19(28(2)26-21)10-14-5-6-18-17(20(14)22)11-23-25-18/h3-6,9,11H,7-8,10,12H2,1-2H3,(H,23,25). The molecule has 6 nitrogen and oxygen atoms in total. The average molecular weight is 393 g/mol. The largest absolute Gasteiger partial charge is 0.302 e. The molecule has 28 heavy (non-hydrogen) atoms. The summed E-state index contributed by atoms with van der Waals surface area (Å²) in [5.74, 6) is 1.65. The Bertz CT molecular complexity index is 1180. The number of likely N-dealkylation sites (N-methyl/N-ethyl adjacent to an activating group) is 1. The van der Waals surface area contributed by atoms with Crippen LogP contribution in [0.4, 0.5) is 0 Å². The van der Waals surface area contributed by atoms with Crippen LogP contribution in [0.3, 0.4) is 0 Å². The van der Waals surface area contributed by atoms with E-state index < -0.39 is 0 Å². The maximum Gasteiger partial charge on any atom is 0.181 e. The zero-order chi connectivity index (χ0) is 19.3. The highest BCUT2D eigenvalue weighted by molar-refractivity contribution is 6.36. The molecule has 4 aromatic rings. The summed E-state index contributed by atoms with van der Waals surface area (Å²) in [4.78, 5) is 7.15. The molecule has 0 saturated carbocycles. The number of benzene rings is 2. The van der Waals surface area contributed by atoms with Crippen LogP contribution in [0.2, 0.25) is 5.02 Å². The zero-order valence-corrected chi connectivity index (χ0v) is 16.7. The molecule has 2 aromatic carbocycles. The van der Waals surface area contributed by atoms with Crippen LogP contribution in [0.15, 0.2) is 36.5 Å². The van der Waals surface area contributed by atoms with E-state index in [0.29, 0.717) is 11.4 Å². The second-order valence-electron chi connectivity index (χ2n) is 7.49. The predicted molar refractivity (Wildman–Crippen MR) is 110 cm³/mol. The number of aryl methyl sites for hydroxylation is 1. The summed E-state index contributed by atoms with van der Waals surface area (Å²) in [6.07, 6.45) is 3.45. The summed E-state index contributed by atoms with van der Waals surface area (Å²) in [5, 5.41) is 13.3. The third-order valence-electron chi connectivity index (χ3n) is 5.51. The third kappa shape index (κ3) is 2.99. The van der Waals surface area contributed by atoms with Gasteiger partial charge in [-0.15, -0.1) is 0 Å². The molecular weight excluding hydrogens is 372 g/mol. The highest BCUT2D eigenvalue weighted by Gasteiger charge is 2.17. The lowest BCUT2D eigenvalue weighted by Gasteiger charge is -2.25. The lowest BCUT2D eigenvalue weighted by atomic mass is 9.97. The number of nitrogens with one attached hydrogen (secondary N) is 1. The minimum absolute atomic E-state index is 0.624. The average Bonchev–Trinajstić information content (AvgIpc) is 3.31. The van der Waals surface area contributed by atoms with Gasteiger partial charge in [-0.2, -0.15) is 10.2 Å². The van der Waals surface area contributed by atoms with Crippen LogP contribution >= 0.6 is 11.6 Å². The molecule has 0 atom stereocenters. The van der Waals surface area contributed by atoms with Gasteiger partial charge in [-0.05, 0) is 42.3 Å². The number of nitrogens with zero attached hydrogens (tertiary/aromatic N) is 5. The van der Waals surface area contributed by atoms with Crippen LogP contribution in [0.5, 0.6) is 0 Å². The van der Waals surface area contributed by atoms with Gasteiger partial charge in [-0.25, -0.2) is 4.98 Å². The van der Waals surface area contributed by atoms with Crippen LogP contribution in [0, 0.1) is 0 Å². The molecule has 7 heteroatoms. The van der Waals surface area contributed by atoms with E-state index >= 15 is 0 Å². The SMILES string of the molecule is CN1CCc2cc(-c3nc(Cc4ccc5[nH]ncc5c4Cl)n(C)n3)ccc2C1. The first-order valence-electron chi connectivity index (χ1n) is 9.39. The molecule has 0 aliphatic carbocycles. The Morgan fingerprint density at radius 1 is 1.14 bits per heavy atom. The van der Waals surface area contributed by atoms with E-state index in [4.69, 9.17) is 16.6 Å². The molecule has 0 saturated heterocycles. The van der Waals surface area contributed by atoms with Crippen molar-refractivity contribution in [2.24, 2.45) is 7.05 Å². The van der Waals surface area contributed by atoms with Crippen molar-refractivity contribution in [3.8, 4) is 11.4 Å². The number of H-pyrrole nitrogens is 1. The Balaban J connectivity index is 1.46. The van der Waals surface area contributed by atoms with Gasteiger partial charge in [0.1, 0.15) is 5.82 Å². The Kier molecular flexibility index (Phi) is 4.18. The second kappa shape index (κ2) is 6.72. The Morgan fingerprint density at radius 2 is 2.04 bits per heavy atom. The minimum atomic E-state index is 0.624. The highest BCUT2D eigenvalue weighted by Crippen LogP contribution is 2.28. The van der Waals surface area contributed by atoms with Gasteiger partial charge in [0, 0.05) is 37.5 Å². The van der Waals surface area contributed by atoms with Crippen molar-refractivity contribution in [3.63, 3.8) is 0 Å². The van der Waals surface area contributed by atoms with E-state index in [9.17, 15) is 0 Å². The molecule has 0 bridgehead atoms. The Morgan fingerprint density at radius 3 is 2.93 bits per heavy atom. The van der Waals surface area contributed by atoms with Crippen LogP contribution in [0.25, 0.3) is 22.3 Å². The maximum atomic E-state index is 6.58. The lowest BCUT2D eigenvalue weighted by Crippen LogP contribution is -2.26. The van der Waals surface area contributed by atoms with Gasteiger partial charge in [0.05, 0.1) is 16.7 Å². The topological polar surface area (TPSA) is 62.6 Å². The molecular formula is C21H21ClN6. The van der Waals surface area contributed by atoms with Crippen LogP contribution in [-0.4, -0.2) is 43.5 Å². The van der Waals surface area contributed by atoms with Gasteiger partial charge in [-0.1, -0.05) is 29.8 Å². The molecule has 0 amide bonds. The van der Waals surface area contributed by atoms with E-state index in [1.165, 1.54) is 11.1 Å². The van der Waals surface area contributed by atoms with Crippen molar-refractivity contribution in [3.05, 3.63) is 64.1 Å². The highest BCUT2D eigenvalue weighted by atomic mass is 35.5. The van der Waals surface area contributed by atoms with E-state index in [1.807, 2.05) is 23.9 Å². The number of aromatic nitrogens is 5. The summed E-state index contributed by atoms with van der Waals surface area (Å²) in [6.45, 7) is 2.10. The molecule has 0 unspecified atom stereocenters. The van der Waals surface area contributed by atoms with Crippen molar-refractivity contribution < 1.29 is 0 Å². The minimum Gasteiger partial charge on any atom is -0.302 e. The monoisotopic (exact) mass is 392 g/mol. The first-order valence-corrected chi connectivity index (χ1v) is 9.77. The summed E-state index contributed by atoms with van der Waals surface area (Å²) >= 11 is 6.58. The number of hydrogen-bond donors (Lipinski definition) is 1. The molecule has 0 fully saturated rings. The normalized spacial score (nSPS) is 14.5. The van der Waals surface area contributed by atoms with Gasteiger partial charge in [0.25, 0.3) is 0 Å².